The number of Topliss-reactive ketones (excluding diaryl/α,β-unsaturated/α-hetero) is 1. The molecule has 1 unspecified atom stereocenters. The number of aryl methyl sites for hydroxylation is 1. The van der Waals surface area contributed by atoms with Crippen LogP contribution in [0.4, 0.5) is 0 Å². The number of furan rings is 1. The minimum absolute atomic E-state index is 0.0124. The number of carbonyl (C=O) groups is 2. The first-order valence-corrected chi connectivity index (χ1v) is 11.6. The SMILES string of the molecule is Cc1cc(/C(O)=C2/C(=O)C(=O)N(Cc3ccco3)C2c2ccc(O)c(Cl)c2)ccc1OCC(C)C. The number of phenolic OH excluding ortho intramolecular Hbond substituents is 1. The van der Waals surface area contributed by atoms with Gasteiger partial charge in [0.15, 0.2) is 0 Å². The largest absolute Gasteiger partial charge is 0.507 e. The third-order valence-electron chi connectivity index (χ3n) is 5.75. The quantitative estimate of drug-likeness (QED) is 0.251. The second-order valence-corrected chi connectivity index (χ2v) is 9.31. The number of hydrogen-bond acceptors (Lipinski definition) is 6. The lowest BCUT2D eigenvalue weighted by Gasteiger charge is -2.25. The van der Waals surface area contributed by atoms with Crippen LogP contribution in [0, 0.1) is 12.8 Å². The number of aromatic hydroxyl groups is 1. The Morgan fingerprint density at radius 3 is 2.57 bits per heavy atom. The third kappa shape index (κ3) is 4.91. The molecule has 0 bridgehead atoms. The van der Waals surface area contributed by atoms with Crippen LogP contribution in [0.25, 0.3) is 5.76 Å². The molecule has 1 amide bonds. The van der Waals surface area contributed by atoms with Gasteiger partial charge in [-0.3, -0.25) is 9.59 Å². The second-order valence-electron chi connectivity index (χ2n) is 8.90. The number of aliphatic hydroxyl groups is 1. The van der Waals surface area contributed by atoms with Crippen LogP contribution in [-0.4, -0.2) is 33.4 Å². The standard InChI is InChI=1S/C27H26ClNO6/c1-15(2)14-35-22-9-7-18(11-16(22)3)25(31)23-24(17-6-8-21(30)20(28)12-17)29(27(33)26(23)32)13-19-5-4-10-34-19/h4-12,15,24,30-31H,13-14H2,1-3H3/b25-23-. The summed E-state index contributed by atoms with van der Waals surface area (Å²) >= 11 is 6.14. The molecule has 1 atom stereocenters. The molecule has 0 aliphatic carbocycles. The summed E-state index contributed by atoms with van der Waals surface area (Å²) in [4.78, 5) is 27.6. The van der Waals surface area contributed by atoms with Crippen LogP contribution in [0.15, 0.2) is 64.8 Å². The van der Waals surface area contributed by atoms with E-state index in [1.54, 1.807) is 36.4 Å². The molecule has 4 rings (SSSR count). The summed E-state index contributed by atoms with van der Waals surface area (Å²) in [6, 6.07) is 12.0. The summed E-state index contributed by atoms with van der Waals surface area (Å²) in [5, 5.41) is 21.2. The van der Waals surface area contributed by atoms with Crippen molar-refractivity contribution in [1.29, 1.82) is 0 Å². The zero-order valence-corrected chi connectivity index (χ0v) is 20.4. The molecule has 182 valence electrons. The Morgan fingerprint density at radius 2 is 1.94 bits per heavy atom. The van der Waals surface area contributed by atoms with Crippen molar-refractivity contribution in [2.75, 3.05) is 6.61 Å². The Balaban J connectivity index is 1.81. The number of hydrogen-bond donors (Lipinski definition) is 2. The van der Waals surface area contributed by atoms with E-state index in [9.17, 15) is 19.8 Å². The smallest absolute Gasteiger partial charge is 0.296 e. The van der Waals surface area contributed by atoms with E-state index in [2.05, 4.69) is 0 Å². The maximum absolute atomic E-state index is 13.2. The molecule has 2 N–H and O–H groups in total. The van der Waals surface area contributed by atoms with E-state index in [0.717, 1.165) is 5.56 Å². The lowest BCUT2D eigenvalue weighted by atomic mass is 9.94. The van der Waals surface area contributed by atoms with Gasteiger partial charge in [0.05, 0.1) is 36.1 Å². The number of aliphatic hydroxyl groups excluding tert-OH is 1. The van der Waals surface area contributed by atoms with Gasteiger partial charge < -0.3 is 24.3 Å². The number of ketones is 1. The number of benzene rings is 2. The number of phenols is 1. The van der Waals surface area contributed by atoms with E-state index in [-0.39, 0.29) is 28.6 Å². The number of nitrogens with zero attached hydrogens (tertiary/aromatic N) is 1. The van der Waals surface area contributed by atoms with Gasteiger partial charge in [0, 0.05) is 5.56 Å². The highest BCUT2D eigenvalue weighted by Crippen LogP contribution is 2.42. The normalized spacial score (nSPS) is 17.4. The van der Waals surface area contributed by atoms with Crippen molar-refractivity contribution in [3.05, 3.63) is 87.8 Å². The number of carbonyl (C=O) groups excluding carboxylic acids is 2. The molecule has 0 spiro atoms. The zero-order chi connectivity index (χ0) is 25.3. The molecule has 35 heavy (non-hydrogen) atoms. The monoisotopic (exact) mass is 495 g/mol. The Kier molecular flexibility index (Phi) is 6.89. The van der Waals surface area contributed by atoms with Gasteiger partial charge in [-0.05, 0) is 66.4 Å². The van der Waals surface area contributed by atoms with Gasteiger partial charge in [-0.15, -0.1) is 0 Å². The van der Waals surface area contributed by atoms with Crippen molar-refractivity contribution in [2.45, 2.75) is 33.4 Å². The zero-order valence-electron chi connectivity index (χ0n) is 19.6. The van der Waals surface area contributed by atoms with Crippen molar-refractivity contribution < 1.29 is 29.0 Å². The molecular weight excluding hydrogens is 470 g/mol. The van der Waals surface area contributed by atoms with Gasteiger partial charge in [0.1, 0.15) is 23.0 Å². The number of likely N-dealkylation sites (tertiary alicyclic amines) is 1. The molecule has 8 heteroatoms. The summed E-state index contributed by atoms with van der Waals surface area (Å²) in [6.07, 6.45) is 1.48. The second kappa shape index (κ2) is 9.88. The van der Waals surface area contributed by atoms with Crippen molar-refractivity contribution in [1.82, 2.24) is 4.90 Å². The van der Waals surface area contributed by atoms with Crippen LogP contribution in [0.1, 0.15) is 42.3 Å². The summed E-state index contributed by atoms with van der Waals surface area (Å²) in [6.45, 7) is 6.50. The molecular formula is C27H26ClNO6. The van der Waals surface area contributed by atoms with Crippen molar-refractivity contribution in [2.24, 2.45) is 5.92 Å². The Labute approximate surface area is 208 Å². The molecule has 2 aromatic carbocycles. The van der Waals surface area contributed by atoms with E-state index >= 15 is 0 Å². The molecule has 3 aromatic rings. The minimum atomic E-state index is -0.935. The van der Waals surface area contributed by atoms with Gasteiger partial charge in [0.2, 0.25) is 0 Å². The van der Waals surface area contributed by atoms with Crippen LogP contribution >= 0.6 is 11.6 Å². The molecule has 7 nitrogen and oxygen atoms in total. The Morgan fingerprint density at radius 1 is 1.17 bits per heavy atom. The number of ether oxygens (including phenoxy) is 1. The van der Waals surface area contributed by atoms with Crippen LogP contribution in [0.3, 0.4) is 0 Å². The Bertz CT molecular complexity index is 1300. The summed E-state index contributed by atoms with van der Waals surface area (Å²) in [5.74, 6) is -0.528. The van der Waals surface area contributed by atoms with Crippen LogP contribution in [0.5, 0.6) is 11.5 Å². The van der Waals surface area contributed by atoms with Crippen LogP contribution in [0.2, 0.25) is 5.02 Å². The maximum Gasteiger partial charge on any atom is 0.296 e. The van der Waals surface area contributed by atoms with Gasteiger partial charge in [-0.1, -0.05) is 31.5 Å². The molecule has 1 fully saturated rings. The molecule has 1 saturated heterocycles. The number of halogens is 1. The van der Waals surface area contributed by atoms with Crippen LogP contribution in [-0.2, 0) is 16.1 Å². The van der Waals surface area contributed by atoms with E-state index in [4.69, 9.17) is 20.8 Å². The highest BCUT2D eigenvalue weighted by atomic mass is 35.5. The highest BCUT2D eigenvalue weighted by molar-refractivity contribution is 6.46. The summed E-state index contributed by atoms with van der Waals surface area (Å²) < 4.78 is 11.2. The topological polar surface area (TPSA) is 100 Å². The third-order valence-corrected chi connectivity index (χ3v) is 6.06. The summed E-state index contributed by atoms with van der Waals surface area (Å²) in [7, 11) is 0. The van der Waals surface area contributed by atoms with E-state index in [1.165, 1.54) is 23.3 Å². The van der Waals surface area contributed by atoms with E-state index in [0.29, 0.717) is 35.2 Å². The lowest BCUT2D eigenvalue weighted by Crippen LogP contribution is -2.29. The fraction of sp³-hybridized carbons (Fsp3) is 0.259. The molecule has 0 saturated carbocycles. The van der Waals surface area contributed by atoms with E-state index < -0.39 is 17.7 Å². The van der Waals surface area contributed by atoms with Crippen LogP contribution < -0.4 is 4.74 Å². The minimum Gasteiger partial charge on any atom is -0.507 e. The lowest BCUT2D eigenvalue weighted by molar-refractivity contribution is -0.140. The highest BCUT2D eigenvalue weighted by Gasteiger charge is 2.46. The fourth-order valence-corrected chi connectivity index (χ4v) is 4.21. The summed E-state index contributed by atoms with van der Waals surface area (Å²) in [5.41, 5.74) is 1.56. The fourth-order valence-electron chi connectivity index (χ4n) is 4.02. The predicted molar refractivity (Wildman–Crippen MR) is 131 cm³/mol. The maximum atomic E-state index is 13.2. The number of amides is 1. The van der Waals surface area contributed by atoms with Crippen molar-refractivity contribution >= 4 is 29.1 Å². The van der Waals surface area contributed by atoms with Gasteiger partial charge in [0.25, 0.3) is 11.7 Å². The van der Waals surface area contributed by atoms with Gasteiger partial charge in [-0.2, -0.15) is 0 Å². The van der Waals surface area contributed by atoms with Crippen molar-refractivity contribution in [3.8, 4) is 11.5 Å². The van der Waals surface area contributed by atoms with Crippen molar-refractivity contribution in [3.63, 3.8) is 0 Å². The molecule has 1 aliphatic rings. The first-order chi connectivity index (χ1) is 16.7. The first-order valence-electron chi connectivity index (χ1n) is 11.2. The van der Waals surface area contributed by atoms with Gasteiger partial charge in [-0.25, -0.2) is 0 Å². The average Bonchev–Trinajstić information content (AvgIpc) is 3.42. The average molecular weight is 496 g/mol. The predicted octanol–water partition coefficient (Wildman–Crippen LogP) is 5.60. The molecule has 1 aromatic heterocycles. The Hall–Kier alpha value is -3.71. The molecule has 2 heterocycles. The molecule has 0 radical (unpaired) electrons. The molecule has 1 aliphatic heterocycles. The van der Waals surface area contributed by atoms with E-state index in [1.807, 2.05) is 20.8 Å². The first kappa shape index (κ1) is 24.4. The van der Waals surface area contributed by atoms with Gasteiger partial charge >= 0.3 is 0 Å². The number of rotatable bonds is 7.